The Balaban J connectivity index is 1.54. The molecule has 0 aromatic heterocycles. The van der Waals surface area contributed by atoms with E-state index in [9.17, 15) is 4.79 Å². The van der Waals surface area contributed by atoms with Crippen molar-refractivity contribution < 1.29 is 9.53 Å². The molecule has 1 N–H and O–H groups in total. The first kappa shape index (κ1) is 14.8. The van der Waals surface area contributed by atoms with E-state index >= 15 is 0 Å². The number of hydrogen-bond acceptors (Lipinski definition) is 3. The molecule has 1 saturated heterocycles. The molecule has 1 aliphatic heterocycles. The number of carbonyl (C=O) groups excluding carboxylic acids is 1. The number of carbonyl (C=O) groups is 1. The lowest BCUT2D eigenvalue weighted by Crippen LogP contribution is -2.41. The fourth-order valence-corrected chi connectivity index (χ4v) is 3.04. The summed E-state index contributed by atoms with van der Waals surface area (Å²) in [5.74, 6) is 1.11. The van der Waals surface area contributed by atoms with Gasteiger partial charge in [0.15, 0.2) is 0 Å². The minimum absolute atomic E-state index is 0.275. The highest BCUT2D eigenvalue weighted by molar-refractivity contribution is 5.76. The lowest BCUT2D eigenvalue weighted by Gasteiger charge is -2.27. The van der Waals surface area contributed by atoms with Gasteiger partial charge in [-0.15, -0.1) is 0 Å². The molecule has 2 aliphatic rings. The number of nitrogens with one attached hydrogen (secondary N) is 1. The number of hydrogen-bond donors (Lipinski definition) is 1. The lowest BCUT2D eigenvalue weighted by molar-refractivity contribution is -0.135. The predicted octanol–water partition coefficient (Wildman–Crippen LogP) is 1.80. The van der Waals surface area contributed by atoms with E-state index in [1.54, 1.807) is 0 Å². The van der Waals surface area contributed by atoms with Gasteiger partial charge in [0.25, 0.3) is 0 Å². The summed E-state index contributed by atoms with van der Waals surface area (Å²) in [6.45, 7) is 4.84. The Morgan fingerprint density at radius 2 is 1.79 bits per heavy atom. The van der Waals surface area contributed by atoms with Crippen LogP contribution in [-0.4, -0.2) is 50.2 Å². The Morgan fingerprint density at radius 1 is 1.11 bits per heavy atom. The van der Waals surface area contributed by atoms with Crippen molar-refractivity contribution in [2.24, 2.45) is 5.92 Å². The van der Waals surface area contributed by atoms with E-state index < -0.39 is 0 Å². The summed E-state index contributed by atoms with van der Waals surface area (Å²) in [6.07, 6.45) is 8.96. The van der Waals surface area contributed by atoms with Gasteiger partial charge < -0.3 is 15.0 Å². The topological polar surface area (TPSA) is 41.6 Å². The molecule has 0 atom stereocenters. The van der Waals surface area contributed by atoms with Crippen LogP contribution in [0.1, 0.15) is 44.9 Å². The van der Waals surface area contributed by atoms with Gasteiger partial charge in [-0.3, -0.25) is 4.79 Å². The van der Waals surface area contributed by atoms with Gasteiger partial charge in [-0.2, -0.15) is 0 Å². The standard InChI is InChI=1S/C15H28N2O2/c18-15(17-9-11-19-12-10-17)7-8-16-13-14-5-3-1-2-4-6-14/h14,16H,1-13H2. The van der Waals surface area contributed by atoms with Crippen LogP contribution < -0.4 is 5.32 Å². The van der Waals surface area contributed by atoms with Crippen LogP contribution in [0.25, 0.3) is 0 Å². The Kier molecular flexibility index (Phi) is 6.65. The number of amides is 1. The average molecular weight is 268 g/mol. The van der Waals surface area contributed by atoms with Crippen molar-refractivity contribution in [1.29, 1.82) is 0 Å². The van der Waals surface area contributed by atoms with Crippen molar-refractivity contribution in [2.75, 3.05) is 39.4 Å². The molecule has 1 amide bonds. The van der Waals surface area contributed by atoms with Gasteiger partial charge in [0.1, 0.15) is 0 Å². The summed E-state index contributed by atoms with van der Waals surface area (Å²) in [6, 6.07) is 0. The number of ether oxygens (including phenoxy) is 1. The highest BCUT2D eigenvalue weighted by Crippen LogP contribution is 2.21. The SMILES string of the molecule is O=C(CCNCC1CCCCCC1)N1CCOCC1. The minimum atomic E-state index is 0.275. The molecular weight excluding hydrogens is 240 g/mol. The van der Waals surface area contributed by atoms with Crippen molar-refractivity contribution in [2.45, 2.75) is 44.9 Å². The van der Waals surface area contributed by atoms with E-state index in [0.29, 0.717) is 19.6 Å². The van der Waals surface area contributed by atoms with Gasteiger partial charge in [-0.1, -0.05) is 25.7 Å². The second kappa shape index (κ2) is 8.54. The fourth-order valence-electron chi connectivity index (χ4n) is 3.04. The number of nitrogens with zero attached hydrogens (tertiary/aromatic N) is 1. The van der Waals surface area contributed by atoms with Crippen LogP contribution in [0.15, 0.2) is 0 Å². The molecular formula is C15H28N2O2. The maximum Gasteiger partial charge on any atom is 0.224 e. The molecule has 4 nitrogen and oxygen atoms in total. The zero-order chi connectivity index (χ0) is 13.3. The van der Waals surface area contributed by atoms with Crippen LogP contribution in [-0.2, 0) is 9.53 Å². The first-order chi connectivity index (χ1) is 9.36. The largest absolute Gasteiger partial charge is 0.378 e. The van der Waals surface area contributed by atoms with E-state index in [-0.39, 0.29) is 5.91 Å². The summed E-state index contributed by atoms with van der Waals surface area (Å²) in [5.41, 5.74) is 0. The zero-order valence-electron chi connectivity index (χ0n) is 12.0. The van der Waals surface area contributed by atoms with Crippen LogP contribution in [0.3, 0.4) is 0 Å². The molecule has 2 fully saturated rings. The van der Waals surface area contributed by atoms with E-state index in [1.807, 2.05) is 4.90 Å². The fraction of sp³-hybridized carbons (Fsp3) is 0.933. The summed E-state index contributed by atoms with van der Waals surface area (Å²) in [5, 5.41) is 3.47. The summed E-state index contributed by atoms with van der Waals surface area (Å²) in [7, 11) is 0. The van der Waals surface area contributed by atoms with E-state index in [4.69, 9.17) is 4.74 Å². The molecule has 2 rings (SSSR count). The van der Waals surface area contributed by atoms with Crippen LogP contribution in [0.4, 0.5) is 0 Å². The van der Waals surface area contributed by atoms with Crippen molar-refractivity contribution in [3.05, 3.63) is 0 Å². The van der Waals surface area contributed by atoms with Crippen LogP contribution in [0.5, 0.6) is 0 Å². The van der Waals surface area contributed by atoms with E-state index in [2.05, 4.69) is 5.32 Å². The molecule has 1 heterocycles. The van der Waals surface area contributed by atoms with Gasteiger partial charge in [-0.25, -0.2) is 0 Å². The predicted molar refractivity (Wildman–Crippen MR) is 76.1 cm³/mol. The third-order valence-electron chi connectivity index (χ3n) is 4.29. The molecule has 0 spiro atoms. The zero-order valence-corrected chi connectivity index (χ0v) is 12.0. The average Bonchev–Trinajstić information content (AvgIpc) is 2.73. The first-order valence-electron chi connectivity index (χ1n) is 7.92. The number of rotatable bonds is 5. The Bertz CT molecular complexity index is 257. The highest BCUT2D eigenvalue weighted by Gasteiger charge is 2.16. The molecule has 19 heavy (non-hydrogen) atoms. The Labute approximate surface area is 116 Å². The van der Waals surface area contributed by atoms with Crippen LogP contribution in [0.2, 0.25) is 0 Å². The normalized spacial score (nSPS) is 22.2. The van der Waals surface area contributed by atoms with E-state index in [0.717, 1.165) is 32.1 Å². The first-order valence-corrected chi connectivity index (χ1v) is 7.92. The molecule has 0 aromatic carbocycles. The second-order valence-corrected chi connectivity index (χ2v) is 5.80. The van der Waals surface area contributed by atoms with Gasteiger partial charge in [-0.05, 0) is 25.3 Å². The molecule has 1 saturated carbocycles. The smallest absolute Gasteiger partial charge is 0.224 e. The lowest BCUT2D eigenvalue weighted by atomic mass is 10.0. The molecule has 4 heteroatoms. The van der Waals surface area contributed by atoms with Crippen molar-refractivity contribution in [3.63, 3.8) is 0 Å². The molecule has 0 aromatic rings. The minimum Gasteiger partial charge on any atom is -0.378 e. The quantitative estimate of drug-likeness (QED) is 0.610. The third-order valence-corrected chi connectivity index (χ3v) is 4.29. The van der Waals surface area contributed by atoms with Gasteiger partial charge in [0.2, 0.25) is 5.91 Å². The number of morpholine rings is 1. The van der Waals surface area contributed by atoms with Crippen molar-refractivity contribution >= 4 is 5.91 Å². The van der Waals surface area contributed by atoms with Gasteiger partial charge in [0.05, 0.1) is 13.2 Å². The van der Waals surface area contributed by atoms with Crippen LogP contribution >= 0.6 is 0 Å². The summed E-state index contributed by atoms with van der Waals surface area (Å²) >= 11 is 0. The second-order valence-electron chi connectivity index (χ2n) is 5.80. The molecule has 110 valence electrons. The Morgan fingerprint density at radius 3 is 2.47 bits per heavy atom. The van der Waals surface area contributed by atoms with Gasteiger partial charge >= 0.3 is 0 Å². The van der Waals surface area contributed by atoms with Gasteiger partial charge in [0, 0.05) is 26.1 Å². The molecule has 0 bridgehead atoms. The van der Waals surface area contributed by atoms with Crippen molar-refractivity contribution in [3.8, 4) is 0 Å². The monoisotopic (exact) mass is 268 g/mol. The maximum atomic E-state index is 11.9. The maximum absolute atomic E-state index is 11.9. The third kappa shape index (κ3) is 5.49. The molecule has 0 unspecified atom stereocenters. The van der Waals surface area contributed by atoms with E-state index in [1.165, 1.54) is 38.5 Å². The Hall–Kier alpha value is -0.610. The highest BCUT2D eigenvalue weighted by atomic mass is 16.5. The summed E-state index contributed by atoms with van der Waals surface area (Å²) in [4.78, 5) is 13.9. The molecule has 1 aliphatic carbocycles. The van der Waals surface area contributed by atoms with Crippen molar-refractivity contribution in [1.82, 2.24) is 10.2 Å². The molecule has 0 radical (unpaired) electrons. The summed E-state index contributed by atoms with van der Waals surface area (Å²) < 4.78 is 5.26. The van der Waals surface area contributed by atoms with Crippen LogP contribution in [0, 0.1) is 5.92 Å².